The van der Waals surface area contributed by atoms with Crippen LogP contribution in [0.5, 0.6) is 0 Å². The Morgan fingerprint density at radius 1 is 1.18 bits per heavy atom. The summed E-state index contributed by atoms with van der Waals surface area (Å²) in [5.74, 6) is 0.517. The van der Waals surface area contributed by atoms with Crippen LogP contribution in [0.4, 0.5) is 0 Å². The summed E-state index contributed by atoms with van der Waals surface area (Å²) in [6.07, 6.45) is 1.90. The number of hydrogen-bond donors (Lipinski definition) is 1. The highest BCUT2D eigenvalue weighted by molar-refractivity contribution is 5.89. The largest absolute Gasteiger partial charge is 0.480 e. The number of likely N-dealkylation sites (tertiary alicyclic amines) is 1. The monoisotopic (exact) mass is 386 g/mol. The molecule has 1 saturated heterocycles. The van der Waals surface area contributed by atoms with Crippen molar-refractivity contribution in [1.29, 1.82) is 0 Å². The molecule has 3 rings (SSSR count). The fourth-order valence-corrected chi connectivity index (χ4v) is 3.59. The van der Waals surface area contributed by atoms with Crippen LogP contribution in [0.25, 0.3) is 11.3 Å². The van der Waals surface area contributed by atoms with Crippen molar-refractivity contribution >= 4 is 11.9 Å². The first-order valence-corrected chi connectivity index (χ1v) is 9.38. The van der Waals surface area contributed by atoms with E-state index in [0.29, 0.717) is 11.6 Å². The quantitative estimate of drug-likeness (QED) is 0.733. The fraction of sp³-hybridized carbons (Fsp3) is 0.429. The van der Waals surface area contributed by atoms with E-state index in [1.807, 2.05) is 36.2 Å². The Balaban J connectivity index is 1.54. The van der Waals surface area contributed by atoms with Gasteiger partial charge in [-0.2, -0.15) is 0 Å². The third-order valence-electron chi connectivity index (χ3n) is 5.20. The number of carbonyl (C=O) groups is 2. The zero-order valence-electron chi connectivity index (χ0n) is 16.3. The molecule has 0 radical (unpaired) electrons. The predicted octanol–water partition coefficient (Wildman–Crippen LogP) is 2.71. The number of hydrogen-bond acceptors (Lipinski definition) is 6. The average molecular weight is 386 g/mol. The molecule has 0 unspecified atom stereocenters. The maximum absolute atomic E-state index is 11.5. The van der Waals surface area contributed by atoms with Gasteiger partial charge in [-0.05, 0) is 44.2 Å². The van der Waals surface area contributed by atoms with Gasteiger partial charge in [-0.15, -0.1) is 0 Å². The molecule has 28 heavy (non-hydrogen) atoms. The Hall–Kier alpha value is -2.64. The van der Waals surface area contributed by atoms with Crippen molar-refractivity contribution in [2.24, 2.45) is 0 Å². The molecule has 0 atom stereocenters. The van der Waals surface area contributed by atoms with Crippen molar-refractivity contribution in [1.82, 2.24) is 9.80 Å². The highest BCUT2D eigenvalue weighted by Gasteiger charge is 2.24. The minimum atomic E-state index is -0.785. The van der Waals surface area contributed by atoms with E-state index in [4.69, 9.17) is 14.3 Å². The zero-order chi connectivity index (χ0) is 20.1. The van der Waals surface area contributed by atoms with Crippen molar-refractivity contribution in [3.8, 4) is 11.3 Å². The number of likely N-dealkylation sites (N-methyl/N-ethyl adjacent to an activating group) is 1. The maximum Gasteiger partial charge on any atom is 0.337 e. The van der Waals surface area contributed by atoms with Crippen LogP contribution in [-0.2, 0) is 16.1 Å². The summed E-state index contributed by atoms with van der Waals surface area (Å²) >= 11 is 0. The van der Waals surface area contributed by atoms with Crippen molar-refractivity contribution in [2.75, 3.05) is 33.8 Å². The van der Waals surface area contributed by atoms with E-state index in [0.717, 1.165) is 49.6 Å². The third-order valence-corrected chi connectivity index (χ3v) is 5.20. The molecule has 0 saturated carbocycles. The van der Waals surface area contributed by atoms with Crippen LogP contribution < -0.4 is 0 Å². The Kier molecular flexibility index (Phi) is 6.49. The second-order valence-electron chi connectivity index (χ2n) is 7.15. The SMILES string of the molecule is COC(=O)c1ccc(-c2ccc(CN3CCC(N(C)CC(=O)O)CC3)o2)cc1. The molecule has 0 bridgehead atoms. The molecule has 150 valence electrons. The summed E-state index contributed by atoms with van der Waals surface area (Å²) in [4.78, 5) is 26.6. The minimum absolute atomic E-state index is 0.0843. The van der Waals surface area contributed by atoms with Gasteiger partial charge in [0, 0.05) is 24.7 Å². The number of esters is 1. The van der Waals surface area contributed by atoms with Gasteiger partial charge in [0.15, 0.2) is 0 Å². The zero-order valence-corrected chi connectivity index (χ0v) is 16.3. The van der Waals surface area contributed by atoms with Gasteiger partial charge in [-0.3, -0.25) is 14.6 Å². The topological polar surface area (TPSA) is 83.2 Å². The number of piperidine rings is 1. The molecule has 1 aromatic carbocycles. The summed E-state index contributed by atoms with van der Waals surface area (Å²) in [5.41, 5.74) is 1.42. The molecular weight excluding hydrogens is 360 g/mol. The van der Waals surface area contributed by atoms with Gasteiger partial charge in [-0.25, -0.2) is 4.79 Å². The van der Waals surface area contributed by atoms with E-state index in [1.54, 1.807) is 12.1 Å². The highest BCUT2D eigenvalue weighted by atomic mass is 16.5. The summed E-state index contributed by atoms with van der Waals surface area (Å²) in [6.45, 7) is 2.65. The van der Waals surface area contributed by atoms with Crippen molar-refractivity contribution in [2.45, 2.75) is 25.4 Å². The normalized spacial score (nSPS) is 15.7. The molecule has 2 aromatic rings. The lowest BCUT2D eigenvalue weighted by atomic mass is 10.0. The van der Waals surface area contributed by atoms with Crippen molar-refractivity contribution < 1.29 is 23.8 Å². The average Bonchev–Trinajstić information content (AvgIpc) is 3.16. The number of carboxylic acid groups (broad SMARTS) is 1. The van der Waals surface area contributed by atoms with Crippen molar-refractivity contribution in [3.63, 3.8) is 0 Å². The van der Waals surface area contributed by atoms with E-state index < -0.39 is 5.97 Å². The standard InChI is InChI=1S/C21H26N2O5/c1-22(14-20(24)25)17-9-11-23(12-10-17)13-18-7-8-19(28-18)15-3-5-16(6-4-15)21(26)27-2/h3-8,17H,9-14H2,1-2H3,(H,24,25). The molecule has 1 aliphatic heterocycles. The minimum Gasteiger partial charge on any atom is -0.480 e. The summed E-state index contributed by atoms with van der Waals surface area (Å²) in [7, 11) is 3.24. The molecule has 1 aliphatic rings. The molecule has 0 amide bonds. The van der Waals surface area contributed by atoms with E-state index in [9.17, 15) is 9.59 Å². The molecule has 7 heteroatoms. The first-order valence-electron chi connectivity index (χ1n) is 9.38. The summed E-state index contributed by atoms with van der Waals surface area (Å²) < 4.78 is 10.7. The van der Waals surface area contributed by atoms with E-state index >= 15 is 0 Å². The fourth-order valence-electron chi connectivity index (χ4n) is 3.59. The molecule has 2 heterocycles. The molecule has 7 nitrogen and oxygen atoms in total. The second-order valence-corrected chi connectivity index (χ2v) is 7.15. The number of rotatable bonds is 7. The van der Waals surface area contributed by atoms with Gasteiger partial charge in [0.2, 0.25) is 0 Å². The lowest BCUT2D eigenvalue weighted by Crippen LogP contribution is -2.44. The number of benzene rings is 1. The van der Waals surface area contributed by atoms with Gasteiger partial charge in [0.25, 0.3) is 0 Å². The first-order chi connectivity index (χ1) is 13.5. The smallest absolute Gasteiger partial charge is 0.337 e. The molecule has 1 N–H and O–H groups in total. The van der Waals surface area contributed by atoms with Gasteiger partial charge in [0.05, 0.1) is 25.8 Å². The van der Waals surface area contributed by atoms with Crippen LogP contribution in [0.15, 0.2) is 40.8 Å². The Morgan fingerprint density at radius 2 is 1.86 bits per heavy atom. The predicted molar refractivity (Wildman–Crippen MR) is 104 cm³/mol. The third kappa shape index (κ3) is 4.99. The number of carboxylic acids is 1. The van der Waals surface area contributed by atoms with Gasteiger partial charge in [0.1, 0.15) is 11.5 Å². The van der Waals surface area contributed by atoms with E-state index in [-0.39, 0.29) is 12.5 Å². The molecule has 0 aliphatic carbocycles. The maximum atomic E-state index is 11.5. The lowest BCUT2D eigenvalue weighted by molar-refractivity contribution is -0.138. The van der Waals surface area contributed by atoms with Crippen LogP contribution in [-0.4, -0.2) is 66.7 Å². The van der Waals surface area contributed by atoms with E-state index in [1.165, 1.54) is 7.11 Å². The lowest BCUT2D eigenvalue weighted by Gasteiger charge is -2.35. The van der Waals surface area contributed by atoms with Gasteiger partial charge in [-0.1, -0.05) is 12.1 Å². The number of nitrogens with zero attached hydrogens (tertiary/aromatic N) is 2. The summed E-state index contributed by atoms with van der Waals surface area (Å²) in [5, 5.41) is 8.93. The number of furan rings is 1. The van der Waals surface area contributed by atoms with Crippen LogP contribution in [0.1, 0.15) is 29.0 Å². The molecule has 1 aromatic heterocycles. The Labute approximate surface area is 164 Å². The van der Waals surface area contributed by atoms with Crippen molar-refractivity contribution in [3.05, 3.63) is 47.7 Å². The second kappa shape index (κ2) is 9.03. The summed E-state index contributed by atoms with van der Waals surface area (Å²) in [6, 6.07) is 11.4. The number of ether oxygens (including phenoxy) is 1. The Morgan fingerprint density at radius 3 is 2.46 bits per heavy atom. The van der Waals surface area contributed by atoms with Crippen LogP contribution in [0.2, 0.25) is 0 Å². The highest BCUT2D eigenvalue weighted by Crippen LogP contribution is 2.25. The van der Waals surface area contributed by atoms with Crippen LogP contribution in [0.3, 0.4) is 0 Å². The molecule has 0 spiro atoms. The molecular formula is C21H26N2O5. The number of aliphatic carboxylic acids is 1. The molecule has 1 fully saturated rings. The first kappa shape index (κ1) is 20.1. The van der Waals surface area contributed by atoms with E-state index in [2.05, 4.69) is 4.90 Å². The van der Waals surface area contributed by atoms with Crippen LogP contribution in [0, 0.1) is 0 Å². The number of carbonyl (C=O) groups excluding carboxylic acids is 1. The Bertz CT molecular complexity index is 806. The van der Waals surface area contributed by atoms with Crippen LogP contribution >= 0.6 is 0 Å². The number of methoxy groups -OCH3 is 1. The van der Waals surface area contributed by atoms with Gasteiger partial charge >= 0.3 is 11.9 Å². The van der Waals surface area contributed by atoms with Gasteiger partial charge < -0.3 is 14.3 Å².